The van der Waals surface area contributed by atoms with Gasteiger partial charge in [-0.2, -0.15) is 5.26 Å². The molecule has 0 bridgehead atoms. The second kappa shape index (κ2) is 5.85. The van der Waals surface area contributed by atoms with E-state index < -0.39 is 17.5 Å². The first-order valence-electron chi connectivity index (χ1n) is 5.98. The van der Waals surface area contributed by atoms with E-state index in [2.05, 4.69) is 0 Å². The first-order chi connectivity index (χ1) is 9.52. The van der Waals surface area contributed by atoms with Crippen molar-refractivity contribution in [1.29, 1.82) is 5.26 Å². The van der Waals surface area contributed by atoms with Crippen LogP contribution in [0.5, 0.6) is 0 Å². The van der Waals surface area contributed by atoms with Gasteiger partial charge >= 0.3 is 0 Å². The zero-order valence-corrected chi connectivity index (χ0v) is 11.5. The third-order valence-electron chi connectivity index (χ3n) is 3.01. The Bertz CT molecular complexity index is 689. The lowest BCUT2D eigenvalue weighted by Gasteiger charge is -2.09. The summed E-state index contributed by atoms with van der Waals surface area (Å²) in [6.07, 6.45) is 0. The molecule has 0 spiro atoms. The van der Waals surface area contributed by atoms with Crippen LogP contribution in [-0.4, -0.2) is 5.78 Å². The number of hydrogen-bond donors (Lipinski definition) is 0. The molecule has 0 N–H and O–H groups in total. The SMILES string of the molecule is Cc1ccc(C(C#N)C(=O)c2ccc(Cl)c(F)c2)cc1. The van der Waals surface area contributed by atoms with E-state index in [9.17, 15) is 14.4 Å². The first kappa shape index (κ1) is 14.2. The molecule has 100 valence electrons. The third-order valence-corrected chi connectivity index (χ3v) is 3.31. The Morgan fingerprint density at radius 1 is 1.25 bits per heavy atom. The summed E-state index contributed by atoms with van der Waals surface area (Å²) in [7, 11) is 0. The molecule has 2 aromatic carbocycles. The van der Waals surface area contributed by atoms with Gasteiger partial charge in [-0.25, -0.2) is 4.39 Å². The second-order valence-electron chi connectivity index (χ2n) is 4.47. The average Bonchev–Trinajstić information content (AvgIpc) is 2.44. The van der Waals surface area contributed by atoms with E-state index in [1.165, 1.54) is 12.1 Å². The molecule has 20 heavy (non-hydrogen) atoms. The minimum absolute atomic E-state index is 0.0506. The Kier molecular flexibility index (Phi) is 4.16. The summed E-state index contributed by atoms with van der Waals surface area (Å²) < 4.78 is 13.4. The summed E-state index contributed by atoms with van der Waals surface area (Å²) >= 11 is 5.58. The van der Waals surface area contributed by atoms with Crippen molar-refractivity contribution in [3.8, 4) is 6.07 Å². The summed E-state index contributed by atoms with van der Waals surface area (Å²) in [5, 5.41) is 9.16. The molecule has 0 heterocycles. The predicted molar refractivity (Wildman–Crippen MR) is 75.3 cm³/mol. The minimum atomic E-state index is -0.948. The molecular weight excluding hydrogens is 277 g/mol. The van der Waals surface area contributed by atoms with Crippen LogP contribution in [-0.2, 0) is 0 Å². The molecule has 0 aliphatic carbocycles. The van der Waals surface area contributed by atoms with Crippen molar-refractivity contribution in [3.05, 3.63) is 70.0 Å². The van der Waals surface area contributed by atoms with Crippen molar-refractivity contribution in [3.63, 3.8) is 0 Å². The Labute approximate surface area is 121 Å². The molecule has 0 saturated carbocycles. The van der Waals surface area contributed by atoms with Crippen LogP contribution in [0.3, 0.4) is 0 Å². The highest BCUT2D eigenvalue weighted by Crippen LogP contribution is 2.23. The van der Waals surface area contributed by atoms with Gasteiger partial charge in [0.2, 0.25) is 0 Å². The van der Waals surface area contributed by atoms with Gasteiger partial charge in [-0.1, -0.05) is 41.4 Å². The van der Waals surface area contributed by atoms with Gasteiger partial charge in [0, 0.05) is 5.56 Å². The molecule has 2 rings (SSSR count). The van der Waals surface area contributed by atoms with E-state index in [1.807, 2.05) is 25.1 Å². The standard InChI is InChI=1S/C16H11ClFNO/c1-10-2-4-11(5-3-10)13(9-19)16(20)12-6-7-14(17)15(18)8-12/h2-8,13H,1H3. The van der Waals surface area contributed by atoms with Crippen LogP contribution in [0.1, 0.15) is 27.4 Å². The van der Waals surface area contributed by atoms with Crippen LogP contribution in [0.25, 0.3) is 0 Å². The zero-order chi connectivity index (χ0) is 14.7. The van der Waals surface area contributed by atoms with Crippen molar-refractivity contribution >= 4 is 17.4 Å². The maximum absolute atomic E-state index is 13.4. The zero-order valence-electron chi connectivity index (χ0n) is 10.7. The smallest absolute Gasteiger partial charge is 0.184 e. The van der Waals surface area contributed by atoms with Gasteiger partial charge in [0.15, 0.2) is 5.78 Å². The Morgan fingerprint density at radius 2 is 1.90 bits per heavy atom. The van der Waals surface area contributed by atoms with Crippen molar-refractivity contribution in [2.45, 2.75) is 12.8 Å². The first-order valence-corrected chi connectivity index (χ1v) is 6.36. The molecule has 2 nitrogen and oxygen atoms in total. The number of nitriles is 1. The molecule has 0 aliphatic heterocycles. The molecule has 0 aromatic heterocycles. The molecule has 4 heteroatoms. The van der Waals surface area contributed by atoms with Crippen LogP contribution in [0.4, 0.5) is 4.39 Å². The van der Waals surface area contributed by atoms with Gasteiger partial charge in [0.05, 0.1) is 11.1 Å². The summed E-state index contributed by atoms with van der Waals surface area (Å²) in [4.78, 5) is 12.3. The molecule has 2 aromatic rings. The van der Waals surface area contributed by atoms with Crippen LogP contribution in [0.2, 0.25) is 5.02 Å². The average molecular weight is 288 g/mol. The molecule has 0 amide bonds. The van der Waals surface area contributed by atoms with E-state index in [4.69, 9.17) is 11.6 Å². The molecule has 1 unspecified atom stereocenters. The van der Waals surface area contributed by atoms with E-state index in [-0.39, 0.29) is 10.6 Å². The predicted octanol–water partition coefficient (Wildman–Crippen LogP) is 4.28. The fraction of sp³-hybridized carbons (Fsp3) is 0.125. The number of hydrogen-bond acceptors (Lipinski definition) is 2. The summed E-state index contributed by atoms with van der Waals surface area (Å²) in [5.41, 5.74) is 1.77. The largest absolute Gasteiger partial charge is 0.292 e. The normalized spacial score (nSPS) is 11.7. The highest BCUT2D eigenvalue weighted by molar-refractivity contribution is 6.30. The maximum Gasteiger partial charge on any atom is 0.184 e. The van der Waals surface area contributed by atoms with Gasteiger partial charge in [-0.05, 0) is 30.7 Å². The molecule has 0 saturated heterocycles. The monoisotopic (exact) mass is 287 g/mol. The van der Waals surface area contributed by atoms with Crippen molar-refractivity contribution < 1.29 is 9.18 Å². The fourth-order valence-corrected chi connectivity index (χ4v) is 1.98. The number of carbonyl (C=O) groups excluding carboxylic acids is 1. The van der Waals surface area contributed by atoms with E-state index >= 15 is 0 Å². The quantitative estimate of drug-likeness (QED) is 0.791. The lowest BCUT2D eigenvalue weighted by Crippen LogP contribution is -2.11. The fourth-order valence-electron chi connectivity index (χ4n) is 1.86. The van der Waals surface area contributed by atoms with Crippen molar-refractivity contribution in [1.82, 2.24) is 0 Å². The third kappa shape index (κ3) is 2.87. The van der Waals surface area contributed by atoms with Gasteiger partial charge in [-0.15, -0.1) is 0 Å². The van der Waals surface area contributed by atoms with E-state index in [1.54, 1.807) is 12.1 Å². The number of ketones is 1. The number of benzene rings is 2. The van der Waals surface area contributed by atoms with Crippen molar-refractivity contribution in [2.75, 3.05) is 0 Å². The number of rotatable bonds is 3. The number of aryl methyl sites for hydroxylation is 1. The molecule has 0 radical (unpaired) electrons. The van der Waals surface area contributed by atoms with Crippen LogP contribution < -0.4 is 0 Å². The number of Topliss-reactive ketones (excluding diaryl/α,β-unsaturated/α-hetero) is 1. The summed E-state index contributed by atoms with van der Waals surface area (Å²) in [5.74, 6) is -2.05. The second-order valence-corrected chi connectivity index (χ2v) is 4.87. The molecular formula is C16H11ClFNO. The van der Waals surface area contributed by atoms with Gasteiger partial charge in [0.1, 0.15) is 11.7 Å². The van der Waals surface area contributed by atoms with Crippen LogP contribution in [0, 0.1) is 24.1 Å². The topological polar surface area (TPSA) is 40.9 Å². The van der Waals surface area contributed by atoms with Crippen LogP contribution in [0.15, 0.2) is 42.5 Å². The lowest BCUT2D eigenvalue weighted by molar-refractivity contribution is 0.0978. The Balaban J connectivity index is 2.36. The molecule has 1 atom stereocenters. The number of halogens is 2. The van der Waals surface area contributed by atoms with Crippen LogP contribution >= 0.6 is 11.6 Å². The van der Waals surface area contributed by atoms with Crippen molar-refractivity contribution in [2.24, 2.45) is 0 Å². The number of nitrogens with zero attached hydrogens (tertiary/aromatic N) is 1. The molecule has 0 aliphatic rings. The van der Waals surface area contributed by atoms with E-state index in [0.717, 1.165) is 11.6 Å². The Morgan fingerprint density at radius 3 is 2.45 bits per heavy atom. The summed E-state index contributed by atoms with van der Waals surface area (Å²) in [6, 6.07) is 12.9. The number of carbonyl (C=O) groups is 1. The summed E-state index contributed by atoms with van der Waals surface area (Å²) in [6.45, 7) is 1.92. The Hall–Kier alpha value is -2.18. The molecule has 0 fully saturated rings. The lowest BCUT2D eigenvalue weighted by atomic mass is 9.91. The van der Waals surface area contributed by atoms with E-state index in [0.29, 0.717) is 5.56 Å². The van der Waals surface area contributed by atoms with Gasteiger partial charge in [-0.3, -0.25) is 4.79 Å². The minimum Gasteiger partial charge on any atom is -0.292 e. The van der Waals surface area contributed by atoms with Gasteiger partial charge in [0.25, 0.3) is 0 Å². The van der Waals surface area contributed by atoms with Gasteiger partial charge < -0.3 is 0 Å². The highest BCUT2D eigenvalue weighted by Gasteiger charge is 2.22. The highest BCUT2D eigenvalue weighted by atomic mass is 35.5. The maximum atomic E-state index is 13.4.